The normalized spacial score (nSPS) is 16.5. The van der Waals surface area contributed by atoms with E-state index in [1.54, 1.807) is 0 Å². The SMILES string of the molecule is CCNCCCc1c(C)nc(N2CCN(C)CC2)nc1C. The lowest BCUT2D eigenvalue weighted by atomic mass is 10.1. The van der Waals surface area contributed by atoms with Gasteiger partial charge in [0, 0.05) is 37.6 Å². The van der Waals surface area contributed by atoms with Crippen LogP contribution < -0.4 is 10.2 Å². The van der Waals surface area contributed by atoms with Gasteiger partial charge in [-0.1, -0.05) is 6.92 Å². The van der Waals surface area contributed by atoms with Gasteiger partial charge >= 0.3 is 0 Å². The third-order valence-corrected chi connectivity index (χ3v) is 4.23. The van der Waals surface area contributed by atoms with Crippen LogP contribution >= 0.6 is 0 Å². The monoisotopic (exact) mass is 291 g/mol. The molecule has 0 bridgehead atoms. The molecule has 0 aromatic carbocycles. The van der Waals surface area contributed by atoms with Crippen molar-refractivity contribution in [2.75, 3.05) is 51.2 Å². The second kappa shape index (κ2) is 7.71. The van der Waals surface area contributed by atoms with Crippen LogP contribution in [0.5, 0.6) is 0 Å². The summed E-state index contributed by atoms with van der Waals surface area (Å²) in [6.07, 6.45) is 2.21. The van der Waals surface area contributed by atoms with E-state index in [2.05, 4.69) is 42.9 Å². The second-order valence-electron chi connectivity index (χ2n) is 5.92. The number of aryl methyl sites for hydroxylation is 2. The van der Waals surface area contributed by atoms with Gasteiger partial charge in [0.1, 0.15) is 0 Å². The summed E-state index contributed by atoms with van der Waals surface area (Å²) in [5, 5.41) is 3.37. The maximum Gasteiger partial charge on any atom is 0.225 e. The smallest absolute Gasteiger partial charge is 0.225 e. The molecule has 1 saturated heterocycles. The summed E-state index contributed by atoms with van der Waals surface area (Å²) in [7, 11) is 2.17. The van der Waals surface area contributed by atoms with E-state index in [4.69, 9.17) is 9.97 Å². The first-order valence-corrected chi connectivity index (χ1v) is 8.10. The summed E-state index contributed by atoms with van der Waals surface area (Å²) in [4.78, 5) is 14.2. The standard InChI is InChI=1S/C16H29N5/c1-5-17-8-6-7-15-13(2)18-16(19-14(15)3)21-11-9-20(4)10-12-21/h17H,5-12H2,1-4H3. The number of nitrogens with zero attached hydrogens (tertiary/aromatic N) is 4. The Morgan fingerprint density at radius 1 is 1.05 bits per heavy atom. The number of anilines is 1. The van der Waals surface area contributed by atoms with Gasteiger partial charge in [0.15, 0.2) is 0 Å². The number of nitrogens with one attached hydrogen (secondary N) is 1. The molecule has 0 radical (unpaired) electrons. The average Bonchev–Trinajstić information content (AvgIpc) is 2.46. The zero-order chi connectivity index (χ0) is 15.2. The van der Waals surface area contributed by atoms with Gasteiger partial charge in [0.05, 0.1) is 0 Å². The van der Waals surface area contributed by atoms with Crippen molar-refractivity contribution in [3.8, 4) is 0 Å². The molecule has 5 heteroatoms. The lowest BCUT2D eigenvalue weighted by molar-refractivity contribution is 0.311. The fourth-order valence-electron chi connectivity index (χ4n) is 2.80. The molecule has 1 aliphatic rings. The summed E-state index contributed by atoms with van der Waals surface area (Å²) >= 11 is 0. The molecular formula is C16H29N5. The molecule has 0 unspecified atom stereocenters. The number of aromatic nitrogens is 2. The topological polar surface area (TPSA) is 44.3 Å². The number of hydrogen-bond acceptors (Lipinski definition) is 5. The molecule has 1 fully saturated rings. The van der Waals surface area contributed by atoms with Crippen molar-refractivity contribution < 1.29 is 0 Å². The zero-order valence-corrected chi connectivity index (χ0v) is 13.9. The van der Waals surface area contributed by atoms with E-state index in [0.29, 0.717) is 0 Å². The van der Waals surface area contributed by atoms with E-state index in [1.165, 1.54) is 5.56 Å². The Kier molecular flexibility index (Phi) is 5.94. The first-order valence-electron chi connectivity index (χ1n) is 8.10. The van der Waals surface area contributed by atoms with Gasteiger partial charge in [-0.05, 0) is 52.4 Å². The van der Waals surface area contributed by atoms with Crippen molar-refractivity contribution in [2.45, 2.75) is 33.6 Å². The van der Waals surface area contributed by atoms with Gasteiger partial charge in [0.2, 0.25) is 5.95 Å². The highest BCUT2D eigenvalue weighted by molar-refractivity contribution is 5.37. The Morgan fingerprint density at radius 3 is 2.24 bits per heavy atom. The molecule has 118 valence electrons. The maximum absolute atomic E-state index is 4.76. The Hall–Kier alpha value is -1.20. The Morgan fingerprint density at radius 2 is 1.67 bits per heavy atom. The van der Waals surface area contributed by atoms with Crippen LogP contribution in [0.25, 0.3) is 0 Å². The first-order chi connectivity index (χ1) is 10.1. The fraction of sp³-hybridized carbons (Fsp3) is 0.750. The Bertz CT molecular complexity index is 429. The first kappa shape index (κ1) is 16.2. The van der Waals surface area contributed by atoms with Gasteiger partial charge in [-0.3, -0.25) is 0 Å². The van der Waals surface area contributed by atoms with Crippen LogP contribution in [-0.4, -0.2) is 61.2 Å². The Balaban J connectivity index is 2.02. The molecule has 2 heterocycles. The molecule has 5 nitrogen and oxygen atoms in total. The number of rotatable bonds is 6. The quantitative estimate of drug-likeness (QED) is 0.802. The number of hydrogen-bond donors (Lipinski definition) is 1. The molecule has 0 aliphatic carbocycles. The van der Waals surface area contributed by atoms with Crippen LogP contribution in [-0.2, 0) is 6.42 Å². The summed E-state index contributed by atoms with van der Waals surface area (Å²) in [6.45, 7) is 12.7. The Labute approximate surface area is 128 Å². The van der Waals surface area contributed by atoms with Crippen LogP contribution in [0.1, 0.15) is 30.3 Å². The minimum Gasteiger partial charge on any atom is -0.338 e. The molecule has 1 aliphatic heterocycles. The van der Waals surface area contributed by atoms with E-state index in [0.717, 1.165) is 69.4 Å². The molecule has 1 aromatic rings. The fourth-order valence-corrected chi connectivity index (χ4v) is 2.80. The average molecular weight is 291 g/mol. The maximum atomic E-state index is 4.76. The minimum absolute atomic E-state index is 0.911. The summed E-state index contributed by atoms with van der Waals surface area (Å²) in [5.74, 6) is 0.911. The molecule has 1 N–H and O–H groups in total. The molecule has 0 saturated carbocycles. The van der Waals surface area contributed by atoms with E-state index in [1.807, 2.05) is 0 Å². The molecule has 0 atom stereocenters. The largest absolute Gasteiger partial charge is 0.338 e. The van der Waals surface area contributed by atoms with Gasteiger partial charge in [-0.2, -0.15) is 0 Å². The van der Waals surface area contributed by atoms with E-state index in [-0.39, 0.29) is 0 Å². The van der Waals surface area contributed by atoms with Gasteiger partial charge in [-0.25, -0.2) is 9.97 Å². The van der Waals surface area contributed by atoms with Gasteiger partial charge in [-0.15, -0.1) is 0 Å². The summed E-state index contributed by atoms with van der Waals surface area (Å²) in [5.41, 5.74) is 3.62. The van der Waals surface area contributed by atoms with Gasteiger partial charge < -0.3 is 15.1 Å². The summed E-state index contributed by atoms with van der Waals surface area (Å²) < 4.78 is 0. The third-order valence-electron chi connectivity index (χ3n) is 4.23. The van der Waals surface area contributed by atoms with Crippen molar-refractivity contribution in [3.63, 3.8) is 0 Å². The zero-order valence-electron chi connectivity index (χ0n) is 13.9. The number of piperazine rings is 1. The predicted molar refractivity (Wildman–Crippen MR) is 88.1 cm³/mol. The second-order valence-corrected chi connectivity index (χ2v) is 5.92. The highest BCUT2D eigenvalue weighted by Crippen LogP contribution is 2.18. The molecule has 21 heavy (non-hydrogen) atoms. The van der Waals surface area contributed by atoms with Crippen molar-refractivity contribution in [1.29, 1.82) is 0 Å². The summed E-state index contributed by atoms with van der Waals surface area (Å²) in [6, 6.07) is 0. The van der Waals surface area contributed by atoms with Crippen LogP contribution in [0.15, 0.2) is 0 Å². The number of likely N-dealkylation sites (N-methyl/N-ethyl adjacent to an activating group) is 1. The van der Waals surface area contributed by atoms with Crippen molar-refractivity contribution in [3.05, 3.63) is 17.0 Å². The van der Waals surface area contributed by atoms with Gasteiger partial charge in [0.25, 0.3) is 0 Å². The van der Waals surface area contributed by atoms with E-state index < -0.39 is 0 Å². The molecular weight excluding hydrogens is 262 g/mol. The van der Waals surface area contributed by atoms with E-state index in [9.17, 15) is 0 Å². The lowest BCUT2D eigenvalue weighted by Crippen LogP contribution is -2.45. The van der Waals surface area contributed by atoms with Crippen LogP contribution in [0.3, 0.4) is 0 Å². The van der Waals surface area contributed by atoms with Crippen LogP contribution in [0.2, 0.25) is 0 Å². The third kappa shape index (κ3) is 4.38. The highest BCUT2D eigenvalue weighted by atomic mass is 15.3. The molecule has 1 aromatic heterocycles. The predicted octanol–water partition coefficient (Wildman–Crippen LogP) is 1.39. The van der Waals surface area contributed by atoms with E-state index >= 15 is 0 Å². The molecule has 2 rings (SSSR count). The molecule has 0 spiro atoms. The van der Waals surface area contributed by atoms with Crippen molar-refractivity contribution >= 4 is 5.95 Å². The molecule has 0 amide bonds. The highest BCUT2D eigenvalue weighted by Gasteiger charge is 2.18. The lowest BCUT2D eigenvalue weighted by Gasteiger charge is -2.32. The van der Waals surface area contributed by atoms with Crippen molar-refractivity contribution in [1.82, 2.24) is 20.2 Å². The minimum atomic E-state index is 0.911. The van der Waals surface area contributed by atoms with Crippen LogP contribution in [0, 0.1) is 13.8 Å². The van der Waals surface area contributed by atoms with Crippen LogP contribution in [0.4, 0.5) is 5.95 Å². The van der Waals surface area contributed by atoms with Crippen molar-refractivity contribution in [2.24, 2.45) is 0 Å².